The molecule has 1 atom stereocenters. The Hall–Kier alpha value is -1.71. The summed E-state index contributed by atoms with van der Waals surface area (Å²) in [6.07, 6.45) is 0. The van der Waals surface area contributed by atoms with E-state index in [0.29, 0.717) is 12.2 Å². The van der Waals surface area contributed by atoms with Crippen LogP contribution in [0, 0.1) is 5.82 Å². The number of nitrogens with two attached hydrogens (primary N) is 1. The van der Waals surface area contributed by atoms with E-state index in [1.807, 2.05) is 30.3 Å². The van der Waals surface area contributed by atoms with E-state index in [9.17, 15) is 4.39 Å². The van der Waals surface area contributed by atoms with Gasteiger partial charge in [0, 0.05) is 5.56 Å². The summed E-state index contributed by atoms with van der Waals surface area (Å²) in [5.74, 6) is -0.245. The zero-order valence-corrected chi connectivity index (χ0v) is 10.1. The van der Waals surface area contributed by atoms with Crippen molar-refractivity contribution < 1.29 is 9.13 Å². The van der Waals surface area contributed by atoms with Gasteiger partial charge in [0.05, 0.1) is 19.3 Å². The Balaban J connectivity index is 1.84. The minimum absolute atomic E-state index is 0.182. The first-order valence-electron chi connectivity index (χ1n) is 5.89. The Morgan fingerprint density at radius 3 is 2.39 bits per heavy atom. The zero-order valence-electron chi connectivity index (χ0n) is 10.1. The van der Waals surface area contributed by atoms with Gasteiger partial charge in [-0.15, -0.1) is 0 Å². The molecule has 0 fully saturated rings. The van der Waals surface area contributed by atoms with Gasteiger partial charge in [0.2, 0.25) is 0 Å². The standard InChI is InChI=1S/C15H16FNO/c16-14-9-5-4-8-13(14)10-18-11-15(17)12-6-2-1-3-7-12/h1-9,15H,10-11,17H2/t15-/m1/s1. The first kappa shape index (κ1) is 12.7. The molecule has 0 saturated heterocycles. The summed E-state index contributed by atoms with van der Waals surface area (Å²) in [5.41, 5.74) is 7.55. The van der Waals surface area contributed by atoms with E-state index in [0.717, 1.165) is 5.56 Å². The summed E-state index contributed by atoms with van der Waals surface area (Å²) in [6, 6.07) is 16.1. The first-order chi connectivity index (χ1) is 8.77. The van der Waals surface area contributed by atoms with E-state index in [-0.39, 0.29) is 18.5 Å². The molecular weight excluding hydrogens is 229 g/mol. The summed E-state index contributed by atoms with van der Waals surface area (Å²) in [4.78, 5) is 0. The van der Waals surface area contributed by atoms with Gasteiger partial charge in [0.15, 0.2) is 0 Å². The molecule has 0 aromatic heterocycles. The van der Waals surface area contributed by atoms with Gasteiger partial charge in [-0.05, 0) is 11.6 Å². The Kier molecular flexibility index (Phi) is 4.45. The van der Waals surface area contributed by atoms with Crippen LogP contribution in [0.5, 0.6) is 0 Å². The number of hydrogen-bond acceptors (Lipinski definition) is 2. The van der Waals surface area contributed by atoms with Gasteiger partial charge in [-0.2, -0.15) is 0 Å². The maximum absolute atomic E-state index is 13.3. The van der Waals surface area contributed by atoms with Gasteiger partial charge in [-0.25, -0.2) is 4.39 Å². The molecule has 2 aromatic carbocycles. The smallest absolute Gasteiger partial charge is 0.128 e. The maximum Gasteiger partial charge on any atom is 0.128 e. The Morgan fingerprint density at radius 1 is 1.00 bits per heavy atom. The molecular formula is C15H16FNO. The molecule has 0 bridgehead atoms. The monoisotopic (exact) mass is 245 g/mol. The van der Waals surface area contributed by atoms with Crippen molar-refractivity contribution in [3.8, 4) is 0 Å². The molecule has 18 heavy (non-hydrogen) atoms. The number of hydrogen-bond donors (Lipinski definition) is 1. The van der Waals surface area contributed by atoms with Crippen LogP contribution < -0.4 is 5.73 Å². The van der Waals surface area contributed by atoms with Crippen LogP contribution in [-0.4, -0.2) is 6.61 Å². The second-order valence-electron chi connectivity index (χ2n) is 4.12. The van der Waals surface area contributed by atoms with Crippen LogP contribution in [0.1, 0.15) is 17.2 Å². The average molecular weight is 245 g/mol. The molecule has 0 spiro atoms. The molecule has 0 saturated carbocycles. The summed E-state index contributed by atoms with van der Waals surface area (Å²) in [5, 5.41) is 0. The third kappa shape index (κ3) is 3.39. The van der Waals surface area contributed by atoms with Gasteiger partial charge in [0.1, 0.15) is 5.82 Å². The molecule has 3 heteroatoms. The highest BCUT2D eigenvalue weighted by molar-refractivity contribution is 5.19. The molecule has 0 aliphatic rings. The maximum atomic E-state index is 13.3. The average Bonchev–Trinajstić information content (AvgIpc) is 2.42. The molecule has 0 radical (unpaired) electrons. The van der Waals surface area contributed by atoms with E-state index in [2.05, 4.69) is 0 Å². The van der Waals surface area contributed by atoms with E-state index in [1.54, 1.807) is 18.2 Å². The van der Waals surface area contributed by atoms with E-state index in [1.165, 1.54) is 6.07 Å². The summed E-state index contributed by atoms with van der Waals surface area (Å²) < 4.78 is 18.8. The topological polar surface area (TPSA) is 35.2 Å². The van der Waals surface area contributed by atoms with Crippen molar-refractivity contribution in [2.75, 3.05) is 6.61 Å². The highest BCUT2D eigenvalue weighted by atomic mass is 19.1. The third-order valence-corrected chi connectivity index (χ3v) is 2.74. The normalized spacial score (nSPS) is 12.3. The zero-order chi connectivity index (χ0) is 12.8. The van der Waals surface area contributed by atoms with Crippen LogP contribution >= 0.6 is 0 Å². The lowest BCUT2D eigenvalue weighted by Gasteiger charge is -2.12. The Morgan fingerprint density at radius 2 is 1.67 bits per heavy atom. The van der Waals surface area contributed by atoms with Crippen molar-refractivity contribution in [3.63, 3.8) is 0 Å². The minimum Gasteiger partial charge on any atom is -0.375 e. The van der Waals surface area contributed by atoms with E-state index >= 15 is 0 Å². The summed E-state index contributed by atoms with van der Waals surface area (Å²) in [7, 11) is 0. The minimum atomic E-state index is -0.245. The molecule has 0 aliphatic carbocycles. The van der Waals surface area contributed by atoms with Gasteiger partial charge in [-0.3, -0.25) is 0 Å². The predicted octanol–water partition coefficient (Wildman–Crippen LogP) is 3.04. The molecule has 2 aromatic rings. The van der Waals surface area contributed by atoms with Crippen LogP contribution in [0.3, 0.4) is 0 Å². The van der Waals surface area contributed by atoms with E-state index < -0.39 is 0 Å². The fourth-order valence-corrected chi connectivity index (χ4v) is 1.71. The highest BCUT2D eigenvalue weighted by Gasteiger charge is 2.06. The number of rotatable bonds is 5. The number of benzene rings is 2. The van der Waals surface area contributed by atoms with Crippen molar-refractivity contribution in [2.24, 2.45) is 5.73 Å². The second-order valence-corrected chi connectivity index (χ2v) is 4.12. The molecule has 94 valence electrons. The van der Waals surface area contributed by atoms with Crippen LogP contribution in [0.2, 0.25) is 0 Å². The number of ether oxygens (including phenoxy) is 1. The molecule has 0 aliphatic heterocycles. The first-order valence-corrected chi connectivity index (χ1v) is 5.89. The molecule has 0 unspecified atom stereocenters. The van der Waals surface area contributed by atoms with Gasteiger partial charge >= 0.3 is 0 Å². The molecule has 0 heterocycles. The largest absolute Gasteiger partial charge is 0.375 e. The van der Waals surface area contributed by atoms with Gasteiger partial charge in [0.25, 0.3) is 0 Å². The lowest BCUT2D eigenvalue weighted by molar-refractivity contribution is 0.106. The lowest BCUT2D eigenvalue weighted by Crippen LogP contribution is -2.17. The van der Waals surface area contributed by atoms with Crippen molar-refractivity contribution in [1.29, 1.82) is 0 Å². The third-order valence-electron chi connectivity index (χ3n) is 2.74. The molecule has 0 amide bonds. The quantitative estimate of drug-likeness (QED) is 0.878. The van der Waals surface area contributed by atoms with Crippen molar-refractivity contribution in [1.82, 2.24) is 0 Å². The van der Waals surface area contributed by atoms with Gasteiger partial charge in [-0.1, -0.05) is 48.5 Å². The Labute approximate surface area is 106 Å². The van der Waals surface area contributed by atoms with Crippen molar-refractivity contribution >= 4 is 0 Å². The van der Waals surface area contributed by atoms with Crippen LogP contribution in [0.4, 0.5) is 4.39 Å². The van der Waals surface area contributed by atoms with Crippen molar-refractivity contribution in [2.45, 2.75) is 12.6 Å². The SMILES string of the molecule is N[C@H](COCc1ccccc1F)c1ccccc1. The highest BCUT2D eigenvalue weighted by Crippen LogP contribution is 2.12. The number of halogens is 1. The van der Waals surface area contributed by atoms with Gasteiger partial charge < -0.3 is 10.5 Å². The fourth-order valence-electron chi connectivity index (χ4n) is 1.71. The van der Waals surface area contributed by atoms with Crippen LogP contribution in [0.15, 0.2) is 54.6 Å². The van der Waals surface area contributed by atoms with Crippen LogP contribution in [-0.2, 0) is 11.3 Å². The molecule has 2 rings (SSSR count). The summed E-state index contributed by atoms with van der Waals surface area (Å²) in [6.45, 7) is 0.617. The Bertz CT molecular complexity index is 487. The lowest BCUT2D eigenvalue weighted by atomic mass is 10.1. The molecule has 2 N–H and O–H groups in total. The van der Waals surface area contributed by atoms with Crippen molar-refractivity contribution in [3.05, 3.63) is 71.5 Å². The van der Waals surface area contributed by atoms with E-state index in [4.69, 9.17) is 10.5 Å². The summed E-state index contributed by atoms with van der Waals surface area (Å²) >= 11 is 0. The molecule has 2 nitrogen and oxygen atoms in total. The predicted molar refractivity (Wildman–Crippen MR) is 69.4 cm³/mol. The fraction of sp³-hybridized carbons (Fsp3) is 0.200. The van der Waals surface area contributed by atoms with Crippen LogP contribution in [0.25, 0.3) is 0 Å². The second kappa shape index (κ2) is 6.28.